The highest BCUT2D eigenvalue weighted by Crippen LogP contribution is 2.28. The van der Waals surface area contributed by atoms with E-state index in [-0.39, 0.29) is 24.0 Å². The number of rotatable bonds is 6. The van der Waals surface area contributed by atoms with Gasteiger partial charge in [-0.15, -0.1) is 35.3 Å². The van der Waals surface area contributed by atoms with E-state index < -0.39 is 0 Å². The van der Waals surface area contributed by atoms with Gasteiger partial charge in [-0.05, 0) is 26.7 Å². The minimum Gasteiger partial charge on any atom is -0.376 e. The lowest BCUT2D eigenvalue weighted by Gasteiger charge is -2.14. The van der Waals surface area contributed by atoms with Gasteiger partial charge in [-0.1, -0.05) is 30.3 Å². The maximum absolute atomic E-state index is 5.66. The molecule has 1 unspecified atom stereocenters. The van der Waals surface area contributed by atoms with Crippen LogP contribution in [0.15, 0.2) is 35.3 Å². The molecule has 2 aromatic rings. The van der Waals surface area contributed by atoms with Crippen LogP contribution in [0, 0.1) is 6.92 Å². The molecule has 0 aliphatic carbocycles. The van der Waals surface area contributed by atoms with Crippen LogP contribution in [0.3, 0.4) is 0 Å². The second-order valence-electron chi connectivity index (χ2n) is 6.10. The minimum atomic E-state index is 0. The molecule has 26 heavy (non-hydrogen) atoms. The lowest BCUT2D eigenvalue weighted by molar-refractivity contribution is 0.114. The van der Waals surface area contributed by atoms with Crippen LogP contribution in [0.25, 0.3) is 10.6 Å². The smallest absolute Gasteiger partial charge is 0.191 e. The third kappa shape index (κ3) is 5.92. The van der Waals surface area contributed by atoms with Gasteiger partial charge in [-0.2, -0.15) is 0 Å². The largest absolute Gasteiger partial charge is 0.376 e. The van der Waals surface area contributed by atoms with Crippen molar-refractivity contribution in [1.82, 2.24) is 15.6 Å². The first-order valence-corrected chi connectivity index (χ1v) is 9.73. The first kappa shape index (κ1) is 21.1. The molecular formula is C19H27IN4OS. The van der Waals surface area contributed by atoms with Gasteiger partial charge < -0.3 is 15.4 Å². The third-order valence-corrected chi connectivity index (χ3v) is 5.35. The number of aromatic nitrogens is 1. The van der Waals surface area contributed by atoms with E-state index in [0.717, 1.165) is 54.8 Å². The Morgan fingerprint density at radius 3 is 2.81 bits per heavy atom. The van der Waals surface area contributed by atoms with E-state index in [0.29, 0.717) is 12.6 Å². The third-order valence-electron chi connectivity index (χ3n) is 4.16. The fourth-order valence-corrected chi connectivity index (χ4v) is 3.78. The van der Waals surface area contributed by atoms with Crippen molar-refractivity contribution < 1.29 is 4.74 Å². The summed E-state index contributed by atoms with van der Waals surface area (Å²) in [5.74, 6) is 0.840. The normalized spacial score (nSPS) is 17.0. The summed E-state index contributed by atoms with van der Waals surface area (Å²) in [4.78, 5) is 10.6. The van der Waals surface area contributed by atoms with Crippen molar-refractivity contribution in [3.63, 3.8) is 0 Å². The zero-order chi connectivity index (χ0) is 17.5. The summed E-state index contributed by atoms with van der Waals surface area (Å²) in [6.07, 6.45) is 2.59. The summed E-state index contributed by atoms with van der Waals surface area (Å²) in [6.45, 7) is 7.30. The van der Waals surface area contributed by atoms with Crippen molar-refractivity contribution in [1.29, 1.82) is 0 Å². The van der Waals surface area contributed by atoms with E-state index >= 15 is 0 Å². The van der Waals surface area contributed by atoms with E-state index in [1.807, 2.05) is 18.2 Å². The van der Waals surface area contributed by atoms with Crippen molar-refractivity contribution in [3.05, 3.63) is 40.9 Å². The molecule has 1 aromatic heterocycles. The number of hydrogen-bond acceptors (Lipinski definition) is 4. The number of aliphatic imine (C=N–C) groups is 1. The second-order valence-corrected chi connectivity index (χ2v) is 7.19. The molecule has 2 N–H and O–H groups in total. The predicted molar refractivity (Wildman–Crippen MR) is 119 cm³/mol. The average Bonchev–Trinajstić information content (AvgIpc) is 3.28. The quantitative estimate of drug-likeness (QED) is 0.369. The number of nitrogens with one attached hydrogen (secondary N) is 2. The summed E-state index contributed by atoms with van der Waals surface area (Å²) in [6, 6.07) is 10.3. The molecule has 1 aliphatic heterocycles. The summed E-state index contributed by atoms with van der Waals surface area (Å²) in [5, 5.41) is 7.75. The number of guanidine groups is 1. The maximum atomic E-state index is 5.66. The van der Waals surface area contributed by atoms with Crippen molar-refractivity contribution in [2.45, 2.75) is 39.3 Å². The van der Waals surface area contributed by atoms with E-state index in [1.165, 1.54) is 4.88 Å². The number of aryl methyl sites for hydroxylation is 1. The Morgan fingerprint density at radius 1 is 1.31 bits per heavy atom. The Hall–Kier alpha value is -1.19. The zero-order valence-electron chi connectivity index (χ0n) is 15.3. The highest BCUT2D eigenvalue weighted by Gasteiger charge is 2.15. The molecule has 3 rings (SSSR count). The van der Waals surface area contributed by atoms with Crippen LogP contribution in [-0.2, 0) is 11.3 Å². The van der Waals surface area contributed by atoms with Crippen molar-refractivity contribution in [3.8, 4) is 10.6 Å². The molecule has 0 saturated carbocycles. The highest BCUT2D eigenvalue weighted by atomic mass is 127. The summed E-state index contributed by atoms with van der Waals surface area (Å²) in [7, 11) is 0. The van der Waals surface area contributed by atoms with Crippen molar-refractivity contribution in [2.75, 3.05) is 19.7 Å². The van der Waals surface area contributed by atoms with Gasteiger partial charge in [-0.25, -0.2) is 9.98 Å². The SMILES string of the molecule is CCNC(=NCc1sc(-c2ccccc2)nc1C)NCC1CCCO1.I. The minimum absolute atomic E-state index is 0. The fraction of sp³-hybridized carbons (Fsp3) is 0.474. The topological polar surface area (TPSA) is 58.5 Å². The number of nitrogens with zero attached hydrogens (tertiary/aromatic N) is 2. The average molecular weight is 486 g/mol. The van der Waals surface area contributed by atoms with E-state index in [9.17, 15) is 0 Å². The molecule has 0 radical (unpaired) electrons. The first-order valence-electron chi connectivity index (χ1n) is 8.91. The lowest BCUT2D eigenvalue weighted by atomic mass is 10.2. The number of ether oxygens (including phenoxy) is 1. The van der Waals surface area contributed by atoms with Crippen LogP contribution in [0.2, 0.25) is 0 Å². The van der Waals surface area contributed by atoms with Crippen LogP contribution >= 0.6 is 35.3 Å². The van der Waals surface area contributed by atoms with E-state index in [1.54, 1.807) is 11.3 Å². The first-order chi connectivity index (χ1) is 12.3. The standard InChI is InChI=1S/C19H26N4OS.HI/c1-3-20-19(21-12-16-10-7-11-24-16)22-13-17-14(2)23-18(25-17)15-8-5-4-6-9-15;/h4-6,8-9,16H,3,7,10-13H2,1-2H3,(H2,20,21,22);1H. The molecule has 0 amide bonds. The Morgan fingerprint density at radius 2 is 2.12 bits per heavy atom. The molecule has 1 aliphatic rings. The number of benzene rings is 1. The Labute approximate surface area is 176 Å². The summed E-state index contributed by atoms with van der Waals surface area (Å²) in [5.41, 5.74) is 2.22. The van der Waals surface area contributed by atoms with Crippen molar-refractivity contribution in [2.24, 2.45) is 4.99 Å². The molecule has 7 heteroatoms. The summed E-state index contributed by atoms with van der Waals surface area (Å²) < 4.78 is 5.66. The van der Waals surface area contributed by atoms with E-state index in [2.05, 4.69) is 36.6 Å². The molecule has 5 nitrogen and oxygen atoms in total. The zero-order valence-corrected chi connectivity index (χ0v) is 18.5. The molecule has 0 bridgehead atoms. The van der Waals surface area contributed by atoms with Gasteiger partial charge in [0.25, 0.3) is 0 Å². The Bertz CT molecular complexity index is 699. The molecule has 1 aromatic carbocycles. The van der Waals surface area contributed by atoms with Gasteiger partial charge in [0, 0.05) is 30.1 Å². The number of halogens is 1. The Kier molecular flexibility index (Phi) is 8.80. The molecule has 1 atom stereocenters. The monoisotopic (exact) mass is 486 g/mol. The molecular weight excluding hydrogens is 459 g/mol. The summed E-state index contributed by atoms with van der Waals surface area (Å²) >= 11 is 1.72. The van der Waals surface area contributed by atoms with Crippen molar-refractivity contribution >= 4 is 41.3 Å². The molecule has 0 spiro atoms. The van der Waals surface area contributed by atoms with Gasteiger partial charge in [0.2, 0.25) is 0 Å². The van der Waals surface area contributed by atoms with Gasteiger partial charge in [-0.3, -0.25) is 0 Å². The fourth-order valence-electron chi connectivity index (χ4n) is 2.79. The molecule has 142 valence electrons. The van der Waals surface area contributed by atoms with Crippen LogP contribution in [0.4, 0.5) is 0 Å². The highest BCUT2D eigenvalue weighted by molar-refractivity contribution is 14.0. The molecule has 2 heterocycles. The van der Waals surface area contributed by atoms with E-state index in [4.69, 9.17) is 14.7 Å². The maximum Gasteiger partial charge on any atom is 0.191 e. The second kappa shape index (κ2) is 10.8. The Balaban J connectivity index is 0.00000243. The molecule has 1 fully saturated rings. The predicted octanol–water partition coefficient (Wildman–Crippen LogP) is 3.97. The van der Waals surface area contributed by atoms with Crippen LogP contribution in [0.1, 0.15) is 30.3 Å². The van der Waals surface area contributed by atoms with Crippen LogP contribution < -0.4 is 10.6 Å². The van der Waals surface area contributed by atoms with Crippen LogP contribution in [-0.4, -0.2) is 36.7 Å². The number of hydrogen-bond donors (Lipinski definition) is 2. The molecule has 1 saturated heterocycles. The van der Waals surface area contributed by atoms with Gasteiger partial charge >= 0.3 is 0 Å². The van der Waals surface area contributed by atoms with Gasteiger partial charge in [0.1, 0.15) is 5.01 Å². The lowest BCUT2D eigenvalue weighted by Crippen LogP contribution is -2.41. The number of thiazole rings is 1. The van der Waals surface area contributed by atoms with Gasteiger partial charge in [0.05, 0.1) is 18.3 Å². The van der Waals surface area contributed by atoms with Crippen LogP contribution in [0.5, 0.6) is 0 Å². The van der Waals surface area contributed by atoms with Gasteiger partial charge in [0.15, 0.2) is 5.96 Å².